The first kappa shape index (κ1) is 12.2. The van der Waals surface area contributed by atoms with Gasteiger partial charge in [-0.25, -0.2) is 4.98 Å². The third-order valence-electron chi connectivity index (χ3n) is 3.42. The van der Waals surface area contributed by atoms with E-state index in [1.165, 1.54) is 18.5 Å². The van der Waals surface area contributed by atoms with Crippen molar-refractivity contribution >= 4 is 11.5 Å². The minimum Gasteiger partial charge on any atom is -0.396 e. The van der Waals surface area contributed by atoms with Gasteiger partial charge in [0.05, 0.1) is 0 Å². The second kappa shape index (κ2) is 5.87. The fourth-order valence-electron chi connectivity index (χ4n) is 2.47. The Morgan fingerprint density at radius 1 is 1.59 bits per heavy atom. The number of aromatic nitrogens is 1. The molecule has 0 amide bonds. The maximum atomic E-state index is 9.02. The van der Waals surface area contributed by atoms with Crippen molar-refractivity contribution in [1.82, 2.24) is 4.98 Å². The number of aliphatic hydroxyl groups is 1. The number of nitrogens with zero attached hydrogens (tertiary/aromatic N) is 2. The first-order valence-electron chi connectivity index (χ1n) is 6.33. The van der Waals surface area contributed by atoms with Gasteiger partial charge < -0.3 is 15.3 Å². The molecule has 1 unspecified atom stereocenters. The van der Waals surface area contributed by atoms with Crippen molar-refractivity contribution in [1.29, 1.82) is 0 Å². The van der Waals surface area contributed by atoms with Crippen LogP contribution in [-0.4, -0.2) is 36.8 Å². The van der Waals surface area contributed by atoms with E-state index in [-0.39, 0.29) is 0 Å². The van der Waals surface area contributed by atoms with E-state index in [2.05, 4.69) is 27.3 Å². The van der Waals surface area contributed by atoms with Crippen molar-refractivity contribution < 1.29 is 5.11 Å². The molecule has 0 radical (unpaired) electrons. The van der Waals surface area contributed by atoms with E-state index in [4.69, 9.17) is 5.11 Å². The zero-order valence-electron chi connectivity index (χ0n) is 10.4. The standard InChI is InChI=1S/C13H21N3O/c1-14-13-9-12(4-6-15-13)16-7-2-3-11(10-16)5-8-17/h4,6,9,11,17H,2-3,5,7-8,10H2,1H3,(H,14,15). The summed E-state index contributed by atoms with van der Waals surface area (Å²) in [6.07, 6.45) is 5.21. The third-order valence-corrected chi connectivity index (χ3v) is 3.42. The van der Waals surface area contributed by atoms with Crippen molar-refractivity contribution in [3.8, 4) is 0 Å². The Bertz CT molecular complexity index is 354. The lowest BCUT2D eigenvalue weighted by molar-refractivity contribution is 0.244. The lowest BCUT2D eigenvalue weighted by Crippen LogP contribution is -2.35. The summed E-state index contributed by atoms with van der Waals surface area (Å²) < 4.78 is 0. The number of rotatable bonds is 4. The van der Waals surface area contributed by atoms with Crippen molar-refractivity contribution in [3.63, 3.8) is 0 Å². The molecule has 0 bridgehead atoms. The van der Waals surface area contributed by atoms with Crippen LogP contribution in [0.4, 0.5) is 11.5 Å². The zero-order valence-corrected chi connectivity index (χ0v) is 10.4. The van der Waals surface area contributed by atoms with Crippen LogP contribution in [0.3, 0.4) is 0 Å². The average molecular weight is 235 g/mol. The highest BCUT2D eigenvalue weighted by molar-refractivity contribution is 5.53. The molecule has 2 heterocycles. The molecule has 94 valence electrons. The number of hydrogen-bond acceptors (Lipinski definition) is 4. The van der Waals surface area contributed by atoms with E-state index in [9.17, 15) is 0 Å². The van der Waals surface area contributed by atoms with Gasteiger partial charge in [0.2, 0.25) is 0 Å². The quantitative estimate of drug-likeness (QED) is 0.834. The smallest absolute Gasteiger partial charge is 0.127 e. The number of piperidine rings is 1. The van der Waals surface area contributed by atoms with Crippen LogP contribution in [0.15, 0.2) is 18.3 Å². The summed E-state index contributed by atoms with van der Waals surface area (Å²) in [5, 5.41) is 12.1. The molecule has 0 spiro atoms. The fourth-order valence-corrected chi connectivity index (χ4v) is 2.47. The molecule has 2 N–H and O–H groups in total. The molecule has 4 nitrogen and oxygen atoms in total. The van der Waals surface area contributed by atoms with E-state index in [1.54, 1.807) is 0 Å². The van der Waals surface area contributed by atoms with Crippen LogP contribution in [-0.2, 0) is 0 Å². The van der Waals surface area contributed by atoms with Crippen molar-refractivity contribution in [2.75, 3.05) is 37.0 Å². The van der Waals surface area contributed by atoms with Crippen LogP contribution >= 0.6 is 0 Å². The first-order chi connectivity index (χ1) is 8.33. The van der Waals surface area contributed by atoms with Crippen LogP contribution in [0.1, 0.15) is 19.3 Å². The van der Waals surface area contributed by atoms with Crippen molar-refractivity contribution in [2.45, 2.75) is 19.3 Å². The van der Waals surface area contributed by atoms with Gasteiger partial charge in [0.25, 0.3) is 0 Å². The zero-order chi connectivity index (χ0) is 12.1. The summed E-state index contributed by atoms with van der Waals surface area (Å²) in [6, 6.07) is 4.14. The minimum atomic E-state index is 0.302. The molecule has 17 heavy (non-hydrogen) atoms. The Labute approximate surface area is 103 Å². The predicted octanol–water partition coefficient (Wildman–Crippen LogP) is 1.72. The van der Waals surface area contributed by atoms with Gasteiger partial charge in [-0.15, -0.1) is 0 Å². The molecule has 4 heteroatoms. The second-order valence-corrected chi connectivity index (χ2v) is 4.62. The van der Waals surface area contributed by atoms with Gasteiger partial charge in [-0.3, -0.25) is 0 Å². The number of hydrogen-bond donors (Lipinski definition) is 2. The molecule has 1 aliphatic rings. The molecule has 1 aromatic rings. The predicted molar refractivity (Wildman–Crippen MR) is 70.4 cm³/mol. The molecular formula is C13H21N3O. The number of aliphatic hydroxyl groups excluding tert-OH is 1. The number of anilines is 2. The molecule has 1 atom stereocenters. The highest BCUT2D eigenvalue weighted by atomic mass is 16.3. The largest absolute Gasteiger partial charge is 0.396 e. The molecule has 1 saturated heterocycles. The summed E-state index contributed by atoms with van der Waals surface area (Å²) in [4.78, 5) is 6.63. The van der Waals surface area contributed by atoms with Gasteiger partial charge in [0.15, 0.2) is 0 Å². The summed E-state index contributed by atoms with van der Waals surface area (Å²) in [5.74, 6) is 1.53. The summed E-state index contributed by atoms with van der Waals surface area (Å²) in [5.41, 5.74) is 1.23. The Hall–Kier alpha value is -1.29. The van der Waals surface area contributed by atoms with Gasteiger partial charge in [0, 0.05) is 44.7 Å². The highest BCUT2D eigenvalue weighted by Crippen LogP contribution is 2.25. The number of nitrogens with one attached hydrogen (secondary N) is 1. The Morgan fingerprint density at radius 3 is 3.24 bits per heavy atom. The topological polar surface area (TPSA) is 48.4 Å². The van der Waals surface area contributed by atoms with E-state index < -0.39 is 0 Å². The van der Waals surface area contributed by atoms with Gasteiger partial charge in [-0.1, -0.05) is 0 Å². The van der Waals surface area contributed by atoms with Gasteiger partial charge in [0.1, 0.15) is 5.82 Å². The van der Waals surface area contributed by atoms with Gasteiger partial charge in [-0.2, -0.15) is 0 Å². The third kappa shape index (κ3) is 3.09. The molecule has 1 aliphatic heterocycles. The Balaban J connectivity index is 2.05. The van der Waals surface area contributed by atoms with Crippen LogP contribution in [0.25, 0.3) is 0 Å². The van der Waals surface area contributed by atoms with Crippen molar-refractivity contribution in [2.24, 2.45) is 5.92 Å². The van der Waals surface area contributed by atoms with E-state index in [1.807, 2.05) is 13.2 Å². The monoisotopic (exact) mass is 235 g/mol. The van der Waals surface area contributed by atoms with Gasteiger partial charge in [-0.05, 0) is 31.2 Å². The van der Waals surface area contributed by atoms with E-state index in [0.717, 1.165) is 25.3 Å². The molecule has 0 aromatic carbocycles. The molecule has 0 aliphatic carbocycles. The Kier molecular flexibility index (Phi) is 4.20. The van der Waals surface area contributed by atoms with Crippen LogP contribution in [0, 0.1) is 5.92 Å². The normalized spacial score (nSPS) is 20.4. The summed E-state index contributed by atoms with van der Waals surface area (Å²) in [7, 11) is 1.89. The molecule has 0 saturated carbocycles. The fraction of sp³-hybridized carbons (Fsp3) is 0.615. The van der Waals surface area contributed by atoms with E-state index >= 15 is 0 Å². The molecular weight excluding hydrogens is 214 g/mol. The van der Waals surface area contributed by atoms with E-state index in [0.29, 0.717) is 12.5 Å². The molecule has 1 fully saturated rings. The highest BCUT2D eigenvalue weighted by Gasteiger charge is 2.19. The first-order valence-corrected chi connectivity index (χ1v) is 6.33. The van der Waals surface area contributed by atoms with Crippen LogP contribution in [0.2, 0.25) is 0 Å². The van der Waals surface area contributed by atoms with Crippen LogP contribution in [0.5, 0.6) is 0 Å². The van der Waals surface area contributed by atoms with Crippen molar-refractivity contribution in [3.05, 3.63) is 18.3 Å². The second-order valence-electron chi connectivity index (χ2n) is 4.62. The summed E-state index contributed by atoms with van der Waals surface area (Å²) >= 11 is 0. The maximum absolute atomic E-state index is 9.02. The number of pyridine rings is 1. The average Bonchev–Trinajstić information content (AvgIpc) is 2.40. The lowest BCUT2D eigenvalue weighted by atomic mass is 9.95. The lowest BCUT2D eigenvalue weighted by Gasteiger charge is -2.34. The Morgan fingerprint density at radius 2 is 2.47 bits per heavy atom. The minimum absolute atomic E-state index is 0.302. The summed E-state index contributed by atoms with van der Waals surface area (Å²) in [6.45, 7) is 2.46. The SMILES string of the molecule is CNc1cc(N2CCCC(CCO)C2)ccn1. The van der Waals surface area contributed by atoms with Gasteiger partial charge >= 0.3 is 0 Å². The molecule has 2 rings (SSSR count). The maximum Gasteiger partial charge on any atom is 0.127 e. The molecule has 1 aromatic heterocycles. The van der Waals surface area contributed by atoms with Crippen LogP contribution < -0.4 is 10.2 Å².